The Bertz CT molecular complexity index is 686. The van der Waals surface area contributed by atoms with E-state index in [-0.39, 0.29) is 16.8 Å². The van der Waals surface area contributed by atoms with Crippen molar-refractivity contribution in [2.45, 2.75) is 0 Å². The van der Waals surface area contributed by atoms with Crippen LogP contribution in [-0.4, -0.2) is 11.8 Å². The van der Waals surface area contributed by atoms with Crippen molar-refractivity contribution in [1.82, 2.24) is 0 Å². The molecule has 0 aliphatic carbocycles. The normalized spacial score (nSPS) is 10.1. The molecule has 0 aromatic heterocycles. The predicted octanol–water partition coefficient (Wildman–Crippen LogP) is 1.76. The predicted molar refractivity (Wildman–Crippen MR) is 73.7 cm³/mol. The molecule has 2 amide bonds. The number of carbonyl (C=O) groups is 2. The van der Waals surface area contributed by atoms with E-state index in [9.17, 15) is 14.0 Å². The van der Waals surface area contributed by atoms with Crippen LogP contribution in [0.4, 0.5) is 15.8 Å². The topological polar surface area (TPSA) is 98.2 Å². The first kappa shape index (κ1) is 13.5. The largest absolute Gasteiger partial charge is 0.396 e. The Hall–Kier alpha value is -2.89. The Kier molecular flexibility index (Phi) is 3.65. The number of hydrogen-bond donors (Lipinski definition) is 3. The lowest BCUT2D eigenvalue weighted by atomic mass is 10.1. The highest BCUT2D eigenvalue weighted by atomic mass is 19.1. The second-order valence-corrected chi connectivity index (χ2v) is 4.14. The van der Waals surface area contributed by atoms with Crippen LogP contribution in [0.5, 0.6) is 0 Å². The molecular weight excluding hydrogens is 261 g/mol. The van der Waals surface area contributed by atoms with Crippen LogP contribution in [0.1, 0.15) is 20.7 Å². The van der Waals surface area contributed by atoms with Crippen molar-refractivity contribution in [3.8, 4) is 0 Å². The van der Waals surface area contributed by atoms with Gasteiger partial charge in [0.2, 0.25) is 5.91 Å². The third kappa shape index (κ3) is 2.92. The van der Waals surface area contributed by atoms with E-state index in [0.29, 0.717) is 5.69 Å². The lowest BCUT2D eigenvalue weighted by Crippen LogP contribution is -2.15. The van der Waals surface area contributed by atoms with E-state index in [2.05, 4.69) is 5.32 Å². The summed E-state index contributed by atoms with van der Waals surface area (Å²) >= 11 is 0. The van der Waals surface area contributed by atoms with Crippen LogP contribution in [0.3, 0.4) is 0 Å². The molecular formula is C14H12FN3O2. The molecule has 20 heavy (non-hydrogen) atoms. The fourth-order valence-electron chi connectivity index (χ4n) is 1.64. The van der Waals surface area contributed by atoms with Crippen LogP contribution in [-0.2, 0) is 0 Å². The van der Waals surface area contributed by atoms with Crippen LogP contribution < -0.4 is 16.8 Å². The molecule has 2 rings (SSSR count). The molecule has 0 spiro atoms. The summed E-state index contributed by atoms with van der Waals surface area (Å²) in [7, 11) is 0. The second-order valence-electron chi connectivity index (χ2n) is 4.14. The van der Waals surface area contributed by atoms with Gasteiger partial charge in [-0.2, -0.15) is 0 Å². The molecule has 0 unspecified atom stereocenters. The smallest absolute Gasteiger partial charge is 0.255 e. The molecule has 0 aliphatic heterocycles. The van der Waals surface area contributed by atoms with E-state index in [1.54, 1.807) is 6.07 Å². The molecule has 0 saturated heterocycles. The first-order valence-corrected chi connectivity index (χ1v) is 5.73. The molecule has 2 aromatic carbocycles. The Balaban J connectivity index is 2.21. The molecule has 5 nitrogen and oxygen atoms in total. The van der Waals surface area contributed by atoms with Crippen LogP contribution in [0.15, 0.2) is 42.5 Å². The first-order valence-electron chi connectivity index (χ1n) is 5.73. The highest BCUT2D eigenvalue weighted by molar-refractivity contribution is 6.06. The van der Waals surface area contributed by atoms with E-state index >= 15 is 0 Å². The third-order valence-electron chi connectivity index (χ3n) is 2.66. The summed E-state index contributed by atoms with van der Waals surface area (Å²) < 4.78 is 13.0. The number of hydrogen-bond acceptors (Lipinski definition) is 3. The number of nitrogen functional groups attached to an aromatic ring is 1. The first-order chi connectivity index (χ1) is 9.47. The van der Waals surface area contributed by atoms with E-state index in [1.165, 1.54) is 30.3 Å². The summed E-state index contributed by atoms with van der Waals surface area (Å²) in [6, 6.07) is 9.83. The summed E-state index contributed by atoms with van der Waals surface area (Å²) in [5, 5.41) is 2.55. The van der Waals surface area contributed by atoms with Gasteiger partial charge in [-0.3, -0.25) is 9.59 Å². The number of benzene rings is 2. The number of anilines is 2. The minimum Gasteiger partial charge on any atom is -0.396 e. The van der Waals surface area contributed by atoms with E-state index < -0.39 is 17.6 Å². The summed E-state index contributed by atoms with van der Waals surface area (Å²) in [6.45, 7) is 0. The molecule has 2 aromatic rings. The van der Waals surface area contributed by atoms with Gasteiger partial charge in [-0.15, -0.1) is 0 Å². The molecule has 6 heteroatoms. The number of halogens is 1. The SMILES string of the molecule is NC(=O)c1cccc(C(=O)Nc2ccc(F)c(N)c2)c1. The number of nitrogens with two attached hydrogens (primary N) is 2. The van der Waals surface area contributed by atoms with Gasteiger partial charge in [-0.1, -0.05) is 6.07 Å². The van der Waals surface area contributed by atoms with Gasteiger partial charge >= 0.3 is 0 Å². The number of nitrogens with one attached hydrogen (secondary N) is 1. The molecule has 0 fully saturated rings. The Morgan fingerprint density at radius 3 is 2.40 bits per heavy atom. The van der Waals surface area contributed by atoms with Gasteiger partial charge in [0.1, 0.15) is 5.82 Å². The number of amides is 2. The molecule has 102 valence electrons. The van der Waals surface area contributed by atoms with Gasteiger partial charge in [0, 0.05) is 16.8 Å². The zero-order valence-corrected chi connectivity index (χ0v) is 10.4. The molecule has 0 heterocycles. The zero-order chi connectivity index (χ0) is 14.7. The van der Waals surface area contributed by atoms with Gasteiger partial charge in [0.05, 0.1) is 5.69 Å². The highest BCUT2D eigenvalue weighted by Crippen LogP contribution is 2.17. The highest BCUT2D eigenvalue weighted by Gasteiger charge is 2.09. The molecule has 0 radical (unpaired) electrons. The van der Waals surface area contributed by atoms with Crippen LogP contribution in [0.2, 0.25) is 0 Å². The standard InChI is InChI=1S/C14H12FN3O2/c15-11-5-4-10(7-12(11)16)18-14(20)9-3-1-2-8(6-9)13(17)19/h1-7H,16H2,(H2,17,19)(H,18,20). The lowest BCUT2D eigenvalue weighted by Gasteiger charge is -2.07. The Labute approximate surface area is 114 Å². The fourth-order valence-corrected chi connectivity index (χ4v) is 1.64. The lowest BCUT2D eigenvalue weighted by molar-refractivity contribution is 0.1000. The molecule has 0 aliphatic rings. The van der Waals surface area contributed by atoms with Crippen molar-refractivity contribution < 1.29 is 14.0 Å². The maximum atomic E-state index is 13.0. The number of carbonyl (C=O) groups excluding carboxylic acids is 2. The van der Waals surface area contributed by atoms with Gasteiger partial charge < -0.3 is 16.8 Å². The Morgan fingerprint density at radius 1 is 1.05 bits per heavy atom. The van der Waals surface area contributed by atoms with Gasteiger partial charge in [-0.25, -0.2) is 4.39 Å². The number of primary amides is 1. The van der Waals surface area contributed by atoms with Crippen LogP contribution in [0, 0.1) is 5.82 Å². The van der Waals surface area contributed by atoms with E-state index in [1.807, 2.05) is 0 Å². The monoisotopic (exact) mass is 273 g/mol. The summed E-state index contributed by atoms with van der Waals surface area (Å²) in [5.74, 6) is -1.62. The minimum absolute atomic E-state index is 0.0614. The maximum absolute atomic E-state index is 13.0. The Morgan fingerprint density at radius 2 is 1.75 bits per heavy atom. The molecule has 0 bridgehead atoms. The quantitative estimate of drug-likeness (QED) is 0.743. The molecule has 0 saturated carbocycles. The van der Waals surface area contributed by atoms with Gasteiger partial charge in [0.15, 0.2) is 0 Å². The van der Waals surface area contributed by atoms with Crippen LogP contribution in [0.25, 0.3) is 0 Å². The molecule has 5 N–H and O–H groups in total. The van der Waals surface area contributed by atoms with Crippen LogP contribution >= 0.6 is 0 Å². The fraction of sp³-hybridized carbons (Fsp3) is 0. The summed E-state index contributed by atoms with van der Waals surface area (Å²) in [6.07, 6.45) is 0. The second kappa shape index (κ2) is 5.40. The minimum atomic E-state index is -0.620. The van der Waals surface area contributed by atoms with E-state index in [4.69, 9.17) is 11.5 Å². The van der Waals surface area contributed by atoms with Crippen molar-refractivity contribution in [1.29, 1.82) is 0 Å². The van der Waals surface area contributed by atoms with Gasteiger partial charge in [0.25, 0.3) is 5.91 Å². The van der Waals surface area contributed by atoms with Crippen molar-refractivity contribution in [2.24, 2.45) is 5.73 Å². The van der Waals surface area contributed by atoms with Crippen molar-refractivity contribution in [2.75, 3.05) is 11.1 Å². The zero-order valence-electron chi connectivity index (χ0n) is 10.4. The van der Waals surface area contributed by atoms with Crippen molar-refractivity contribution in [3.63, 3.8) is 0 Å². The van der Waals surface area contributed by atoms with Crippen molar-refractivity contribution in [3.05, 3.63) is 59.4 Å². The average Bonchev–Trinajstić information content (AvgIpc) is 2.43. The van der Waals surface area contributed by atoms with E-state index in [0.717, 1.165) is 6.07 Å². The molecule has 0 atom stereocenters. The summed E-state index contributed by atoms with van der Waals surface area (Å²) in [5.41, 5.74) is 11.4. The third-order valence-corrected chi connectivity index (χ3v) is 2.66. The summed E-state index contributed by atoms with van der Waals surface area (Å²) in [4.78, 5) is 23.0. The van der Waals surface area contributed by atoms with Crippen molar-refractivity contribution >= 4 is 23.2 Å². The van der Waals surface area contributed by atoms with Gasteiger partial charge in [-0.05, 0) is 36.4 Å². The maximum Gasteiger partial charge on any atom is 0.255 e. The number of rotatable bonds is 3. The average molecular weight is 273 g/mol.